The Morgan fingerprint density at radius 1 is 1.25 bits per heavy atom. The topological polar surface area (TPSA) is 72.2 Å². The van der Waals surface area contributed by atoms with Crippen LogP contribution < -0.4 is 9.64 Å². The van der Waals surface area contributed by atoms with Gasteiger partial charge in [-0.05, 0) is 34.4 Å². The normalized spacial score (nSPS) is 17.2. The summed E-state index contributed by atoms with van der Waals surface area (Å²) in [5.41, 5.74) is 0.618. The van der Waals surface area contributed by atoms with E-state index in [0.717, 1.165) is 31.8 Å². The molecule has 3 aromatic heterocycles. The second kappa shape index (κ2) is 8.40. The minimum atomic E-state index is -3.25. The highest BCUT2D eigenvalue weighted by Crippen LogP contribution is 2.33. The first kappa shape index (κ1) is 22.6. The van der Waals surface area contributed by atoms with Crippen molar-refractivity contribution in [1.29, 1.82) is 0 Å². The van der Waals surface area contributed by atoms with Gasteiger partial charge >= 0.3 is 5.92 Å². The summed E-state index contributed by atoms with van der Waals surface area (Å²) < 4.78 is 35.4. The monoisotopic (exact) mass is 465 g/mol. The van der Waals surface area contributed by atoms with Crippen LogP contribution in [0.1, 0.15) is 33.0 Å². The van der Waals surface area contributed by atoms with Crippen LogP contribution in [0.3, 0.4) is 0 Å². The Balaban J connectivity index is 1.87. The summed E-state index contributed by atoms with van der Waals surface area (Å²) in [6, 6.07) is 3.56. The van der Waals surface area contributed by atoms with E-state index in [0.29, 0.717) is 17.4 Å². The van der Waals surface area contributed by atoms with Gasteiger partial charge in [0.25, 0.3) is 0 Å². The molecule has 1 aliphatic rings. The van der Waals surface area contributed by atoms with Crippen molar-refractivity contribution in [2.75, 3.05) is 32.1 Å². The number of fused-ring (bicyclic) bond motifs is 1. The van der Waals surface area contributed by atoms with E-state index >= 15 is 0 Å². The molecule has 0 spiro atoms. The standard InChI is InChI=1S/C21H26ClF2N7O/c1-12(2)32-18-9-17(26-20(27-18)21(3,23)24)31-15-8-16(22)25-10-14(15)19(28-31)30-7-6-13(11-30)29(4)5/h8-10,12-13H,6-7,11H2,1-5H3/t13-/m0/s1. The lowest BCUT2D eigenvalue weighted by atomic mass is 10.2. The number of rotatable bonds is 6. The smallest absolute Gasteiger partial charge is 0.304 e. The minimum absolute atomic E-state index is 0.0562. The fraction of sp³-hybridized carbons (Fsp3) is 0.524. The minimum Gasteiger partial charge on any atom is -0.475 e. The molecule has 4 heterocycles. The van der Waals surface area contributed by atoms with Crippen LogP contribution in [0, 0.1) is 0 Å². The molecule has 32 heavy (non-hydrogen) atoms. The van der Waals surface area contributed by atoms with Gasteiger partial charge in [-0.25, -0.2) is 14.6 Å². The quantitative estimate of drug-likeness (QED) is 0.511. The Kier molecular flexibility index (Phi) is 5.93. The van der Waals surface area contributed by atoms with E-state index in [1.54, 1.807) is 26.1 Å². The van der Waals surface area contributed by atoms with Crippen LogP contribution >= 0.6 is 11.6 Å². The van der Waals surface area contributed by atoms with E-state index < -0.39 is 11.7 Å². The molecule has 0 bridgehead atoms. The van der Waals surface area contributed by atoms with Gasteiger partial charge in [0.2, 0.25) is 11.7 Å². The lowest BCUT2D eigenvalue weighted by Gasteiger charge is -2.20. The Morgan fingerprint density at radius 3 is 2.62 bits per heavy atom. The number of alkyl halides is 2. The SMILES string of the molecule is CC(C)Oc1cc(-n2nc(N3CC[C@H](N(C)C)C3)c3cnc(Cl)cc32)nc(C(C)(F)F)n1. The number of nitrogens with zero attached hydrogens (tertiary/aromatic N) is 7. The van der Waals surface area contributed by atoms with Gasteiger partial charge in [0.05, 0.1) is 17.0 Å². The number of aromatic nitrogens is 5. The van der Waals surface area contributed by atoms with Gasteiger partial charge in [0.1, 0.15) is 5.15 Å². The van der Waals surface area contributed by atoms with Gasteiger partial charge in [-0.1, -0.05) is 11.6 Å². The molecule has 0 radical (unpaired) electrons. The van der Waals surface area contributed by atoms with Gasteiger partial charge < -0.3 is 14.5 Å². The van der Waals surface area contributed by atoms with Crippen LogP contribution in [0.4, 0.5) is 14.6 Å². The van der Waals surface area contributed by atoms with Crippen molar-refractivity contribution in [2.24, 2.45) is 0 Å². The van der Waals surface area contributed by atoms with E-state index in [9.17, 15) is 8.78 Å². The Bertz CT molecular complexity index is 1130. The van der Waals surface area contributed by atoms with Crippen LogP contribution in [0.15, 0.2) is 18.3 Å². The summed E-state index contributed by atoms with van der Waals surface area (Å²) in [6.07, 6.45) is 2.41. The Morgan fingerprint density at radius 2 is 2.00 bits per heavy atom. The molecule has 4 rings (SSSR count). The molecule has 0 saturated carbocycles. The predicted octanol–water partition coefficient (Wildman–Crippen LogP) is 3.90. The summed E-state index contributed by atoms with van der Waals surface area (Å²) in [5, 5.41) is 5.79. The molecule has 0 amide bonds. The summed E-state index contributed by atoms with van der Waals surface area (Å²) in [7, 11) is 4.10. The Hall–Kier alpha value is -2.59. The lowest BCUT2D eigenvalue weighted by molar-refractivity contribution is 0.00668. The zero-order chi connectivity index (χ0) is 23.2. The van der Waals surface area contributed by atoms with Crippen LogP contribution in [0.5, 0.6) is 5.88 Å². The summed E-state index contributed by atoms with van der Waals surface area (Å²) in [4.78, 5) is 16.6. The van der Waals surface area contributed by atoms with Crippen LogP contribution in [-0.4, -0.2) is 69.0 Å². The molecule has 0 unspecified atom stereocenters. The number of halogens is 3. The first-order chi connectivity index (χ1) is 15.0. The van der Waals surface area contributed by atoms with Crippen LogP contribution in [0.2, 0.25) is 5.15 Å². The molecule has 0 N–H and O–H groups in total. The van der Waals surface area contributed by atoms with Crippen molar-refractivity contribution in [3.8, 4) is 11.7 Å². The van der Waals surface area contributed by atoms with E-state index in [1.807, 2.05) is 0 Å². The first-order valence-electron chi connectivity index (χ1n) is 10.4. The van der Waals surface area contributed by atoms with Crippen molar-refractivity contribution in [3.05, 3.63) is 29.3 Å². The molecule has 8 nitrogen and oxygen atoms in total. The van der Waals surface area contributed by atoms with Gasteiger partial charge in [-0.3, -0.25) is 0 Å². The molecule has 11 heteroatoms. The average molecular weight is 466 g/mol. The summed E-state index contributed by atoms with van der Waals surface area (Å²) in [6.45, 7) is 5.97. The number of hydrogen-bond acceptors (Lipinski definition) is 7. The van der Waals surface area contributed by atoms with Crippen molar-refractivity contribution in [1.82, 2.24) is 29.6 Å². The van der Waals surface area contributed by atoms with Crippen LogP contribution in [0.25, 0.3) is 16.7 Å². The molecule has 0 aromatic carbocycles. The number of hydrogen-bond donors (Lipinski definition) is 0. The molecular weight excluding hydrogens is 440 g/mol. The van der Waals surface area contributed by atoms with Crippen molar-refractivity contribution >= 4 is 28.3 Å². The van der Waals surface area contributed by atoms with E-state index in [-0.39, 0.29) is 23.0 Å². The van der Waals surface area contributed by atoms with E-state index in [2.05, 4.69) is 38.8 Å². The maximum atomic E-state index is 14.2. The molecule has 1 atom stereocenters. The fourth-order valence-corrected chi connectivity index (χ4v) is 3.91. The fourth-order valence-electron chi connectivity index (χ4n) is 3.75. The molecule has 1 saturated heterocycles. The largest absolute Gasteiger partial charge is 0.475 e. The van der Waals surface area contributed by atoms with Crippen molar-refractivity contribution in [2.45, 2.75) is 45.3 Å². The third-order valence-electron chi connectivity index (χ3n) is 5.36. The predicted molar refractivity (Wildman–Crippen MR) is 119 cm³/mol. The van der Waals surface area contributed by atoms with E-state index in [4.69, 9.17) is 21.4 Å². The third kappa shape index (κ3) is 4.47. The lowest BCUT2D eigenvalue weighted by Crippen LogP contribution is -2.31. The number of pyridine rings is 1. The van der Waals surface area contributed by atoms with Gasteiger partial charge in [0, 0.05) is 44.4 Å². The summed E-state index contributed by atoms with van der Waals surface area (Å²) in [5.74, 6) is -2.94. The van der Waals surface area contributed by atoms with Crippen LogP contribution in [-0.2, 0) is 5.92 Å². The highest BCUT2D eigenvalue weighted by molar-refractivity contribution is 6.30. The third-order valence-corrected chi connectivity index (χ3v) is 5.57. The highest BCUT2D eigenvalue weighted by atomic mass is 35.5. The van der Waals surface area contributed by atoms with Gasteiger partial charge in [-0.2, -0.15) is 13.8 Å². The molecule has 1 aliphatic heterocycles. The van der Waals surface area contributed by atoms with Gasteiger partial charge in [-0.15, -0.1) is 5.10 Å². The van der Waals surface area contributed by atoms with Gasteiger partial charge in [0.15, 0.2) is 11.6 Å². The number of anilines is 1. The van der Waals surface area contributed by atoms with Crippen molar-refractivity contribution in [3.63, 3.8) is 0 Å². The number of ether oxygens (including phenoxy) is 1. The molecular formula is C21H26ClF2N7O. The maximum absolute atomic E-state index is 14.2. The summed E-state index contributed by atoms with van der Waals surface area (Å²) >= 11 is 6.17. The Labute approximate surface area is 190 Å². The second-order valence-corrected chi connectivity index (χ2v) is 8.94. The zero-order valence-electron chi connectivity index (χ0n) is 18.7. The number of likely N-dealkylation sites (N-methyl/N-ethyl adjacent to an activating group) is 1. The first-order valence-corrected chi connectivity index (χ1v) is 10.8. The van der Waals surface area contributed by atoms with E-state index in [1.165, 1.54) is 10.7 Å². The highest BCUT2D eigenvalue weighted by Gasteiger charge is 2.32. The second-order valence-electron chi connectivity index (χ2n) is 8.55. The average Bonchev–Trinajstić information content (AvgIpc) is 3.31. The zero-order valence-corrected chi connectivity index (χ0v) is 19.4. The molecule has 1 fully saturated rings. The maximum Gasteiger partial charge on any atom is 0.304 e. The molecule has 0 aliphatic carbocycles. The van der Waals surface area contributed by atoms with Crippen molar-refractivity contribution < 1.29 is 13.5 Å². The molecule has 3 aromatic rings. The molecule has 172 valence electrons.